The van der Waals surface area contributed by atoms with E-state index in [1.807, 2.05) is 35.7 Å². The lowest BCUT2D eigenvalue weighted by Gasteiger charge is -2.18. The van der Waals surface area contributed by atoms with Gasteiger partial charge in [0, 0.05) is 23.8 Å². The molecule has 1 unspecified atom stereocenters. The summed E-state index contributed by atoms with van der Waals surface area (Å²) in [5, 5.41) is 10.3. The van der Waals surface area contributed by atoms with Crippen LogP contribution in [-0.2, 0) is 4.74 Å². The van der Waals surface area contributed by atoms with Gasteiger partial charge in [0.15, 0.2) is 11.6 Å². The molecule has 28 heavy (non-hydrogen) atoms. The number of anilines is 2. The maximum atomic E-state index is 13.4. The Morgan fingerprint density at radius 3 is 2.79 bits per heavy atom. The summed E-state index contributed by atoms with van der Waals surface area (Å²) in [5.41, 5.74) is 2.36. The first-order chi connectivity index (χ1) is 13.6. The van der Waals surface area contributed by atoms with Gasteiger partial charge >= 0.3 is 0 Å². The number of rotatable bonds is 7. The van der Waals surface area contributed by atoms with Crippen LogP contribution in [0.4, 0.5) is 16.2 Å². The summed E-state index contributed by atoms with van der Waals surface area (Å²) in [4.78, 5) is 9.27. The number of fused-ring (bicyclic) bond motifs is 1. The normalized spacial score (nSPS) is 12.4. The summed E-state index contributed by atoms with van der Waals surface area (Å²) in [6.07, 6.45) is 1.27. The van der Waals surface area contributed by atoms with Crippen molar-refractivity contribution in [1.82, 2.24) is 24.6 Å². The number of alkyl halides is 1. The molecule has 0 aliphatic rings. The average molecular weight is 401 g/mol. The number of hydrogen-bond acceptors (Lipinski definition) is 5. The van der Waals surface area contributed by atoms with Gasteiger partial charge in [0.25, 0.3) is 0 Å². The van der Waals surface area contributed by atoms with E-state index in [1.165, 1.54) is 12.1 Å². The molecule has 0 bridgehead atoms. The summed E-state index contributed by atoms with van der Waals surface area (Å²) >= 11 is 5.81. The quantitative estimate of drug-likeness (QED) is 0.458. The third-order valence-electron chi connectivity index (χ3n) is 4.12. The molecular formula is C19H18ClFN6O. The van der Waals surface area contributed by atoms with Gasteiger partial charge in [0.1, 0.15) is 17.6 Å². The summed E-state index contributed by atoms with van der Waals surface area (Å²) in [6, 6.07) is 11.7. The van der Waals surface area contributed by atoms with Crippen LogP contribution in [0.15, 0.2) is 48.7 Å². The third kappa shape index (κ3) is 3.83. The van der Waals surface area contributed by atoms with Gasteiger partial charge in [-0.2, -0.15) is 10.1 Å². The van der Waals surface area contributed by atoms with Crippen LogP contribution >= 0.6 is 11.6 Å². The van der Waals surface area contributed by atoms with Gasteiger partial charge in [0.05, 0.1) is 6.61 Å². The summed E-state index contributed by atoms with van der Waals surface area (Å²) in [7, 11) is 0. The zero-order chi connectivity index (χ0) is 19.5. The Morgan fingerprint density at radius 2 is 2.07 bits per heavy atom. The van der Waals surface area contributed by atoms with Crippen LogP contribution in [0.2, 0.25) is 0 Å². The standard InChI is InChI=1S/C19H18ClFN6O/c1-12-11-15(26-25-12)22-19-24-18(23-16-3-2-9-27(16)19)17(28-10-8-20)13-4-6-14(21)7-5-13/h2-7,9,11,17H,8,10H2,1H3,(H2,22,23,24,25,26). The molecule has 2 N–H and O–H groups in total. The van der Waals surface area contributed by atoms with E-state index in [9.17, 15) is 4.39 Å². The first-order valence-electron chi connectivity index (χ1n) is 8.71. The minimum atomic E-state index is -0.583. The van der Waals surface area contributed by atoms with Crippen LogP contribution in [0.1, 0.15) is 23.2 Å². The largest absolute Gasteiger partial charge is 0.364 e. The SMILES string of the molecule is Cc1cc(Nc2nc(C(OCCCl)c3ccc(F)cc3)nc3cccn23)n[nH]1. The number of benzene rings is 1. The van der Waals surface area contributed by atoms with Crippen molar-refractivity contribution in [3.05, 3.63) is 71.6 Å². The number of aromatic nitrogens is 5. The maximum absolute atomic E-state index is 13.4. The summed E-state index contributed by atoms with van der Waals surface area (Å²) in [5.74, 6) is 1.62. The minimum Gasteiger partial charge on any atom is -0.364 e. The van der Waals surface area contributed by atoms with Crippen molar-refractivity contribution in [2.75, 3.05) is 17.8 Å². The number of halogens is 2. The number of aryl methyl sites for hydroxylation is 1. The lowest BCUT2D eigenvalue weighted by molar-refractivity contribution is 0.0867. The molecule has 3 heterocycles. The van der Waals surface area contributed by atoms with Crippen LogP contribution in [0, 0.1) is 12.7 Å². The fourth-order valence-corrected chi connectivity index (χ4v) is 2.96. The second-order valence-corrected chi connectivity index (χ2v) is 6.57. The molecule has 9 heteroatoms. The fourth-order valence-electron chi connectivity index (χ4n) is 2.87. The van der Waals surface area contributed by atoms with Gasteiger partial charge in [-0.05, 0) is 36.8 Å². The highest BCUT2D eigenvalue weighted by molar-refractivity contribution is 6.17. The molecule has 4 aromatic rings. The molecule has 7 nitrogen and oxygen atoms in total. The van der Waals surface area contributed by atoms with Crippen molar-refractivity contribution in [3.8, 4) is 0 Å². The number of hydrogen-bond donors (Lipinski definition) is 2. The molecule has 0 aliphatic carbocycles. The van der Waals surface area contributed by atoms with Gasteiger partial charge in [0.2, 0.25) is 5.95 Å². The monoisotopic (exact) mass is 400 g/mol. The molecule has 1 atom stereocenters. The minimum absolute atomic E-state index is 0.306. The van der Waals surface area contributed by atoms with Crippen LogP contribution in [0.25, 0.3) is 5.65 Å². The van der Waals surface area contributed by atoms with Crippen molar-refractivity contribution < 1.29 is 9.13 Å². The van der Waals surface area contributed by atoms with E-state index in [4.69, 9.17) is 16.3 Å². The van der Waals surface area contributed by atoms with E-state index in [-0.39, 0.29) is 5.82 Å². The Hall–Kier alpha value is -2.97. The fraction of sp³-hybridized carbons (Fsp3) is 0.211. The van der Waals surface area contributed by atoms with E-state index in [0.717, 1.165) is 11.3 Å². The third-order valence-corrected chi connectivity index (χ3v) is 4.27. The molecule has 0 saturated heterocycles. The van der Waals surface area contributed by atoms with Gasteiger partial charge in [-0.15, -0.1) is 11.6 Å². The number of aromatic amines is 1. The van der Waals surface area contributed by atoms with Crippen molar-refractivity contribution in [1.29, 1.82) is 0 Å². The Bertz CT molecular complexity index is 1080. The second-order valence-electron chi connectivity index (χ2n) is 6.19. The van der Waals surface area contributed by atoms with Crippen LogP contribution in [0.3, 0.4) is 0 Å². The number of nitrogens with one attached hydrogen (secondary N) is 2. The lowest BCUT2D eigenvalue weighted by Crippen LogP contribution is -2.15. The number of ether oxygens (including phenoxy) is 1. The highest BCUT2D eigenvalue weighted by atomic mass is 35.5. The molecule has 0 fully saturated rings. The van der Waals surface area contributed by atoms with Crippen molar-refractivity contribution in [2.45, 2.75) is 13.0 Å². The van der Waals surface area contributed by atoms with E-state index in [2.05, 4.69) is 25.5 Å². The van der Waals surface area contributed by atoms with Crippen LogP contribution < -0.4 is 5.32 Å². The smallest absolute Gasteiger partial charge is 0.216 e. The predicted molar refractivity (Wildman–Crippen MR) is 105 cm³/mol. The molecule has 144 valence electrons. The van der Waals surface area contributed by atoms with E-state index >= 15 is 0 Å². The van der Waals surface area contributed by atoms with Crippen LogP contribution in [0.5, 0.6) is 0 Å². The molecule has 0 aliphatic heterocycles. The second kappa shape index (κ2) is 7.95. The highest BCUT2D eigenvalue weighted by Crippen LogP contribution is 2.26. The van der Waals surface area contributed by atoms with Crippen molar-refractivity contribution >= 4 is 29.0 Å². The Labute approximate surface area is 165 Å². The van der Waals surface area contributed by atoms with Crippen LogP contribution in [-0.4, -0.2) is 37.1 Å². The van der Waals surface area contributed by atoms with Gasteiger partial charge in [-0.1, -0.05) is 12.1 Å². The molecule has 1 aromatic carbocycles. The lowest BCUT2D eigenvalue weighted by atomic mass is 10.1. The number of H-pyrrole nitrogens is 1. The molecule has 0 radical (unpaired) electrons. The average Bonchev–Trinajstić information content (AvgIpc) is 3.32. The Morgan fingerprint density at radius 1 is 1.25 bits per heavy atom. The highest BCUT2D eigenvalue weighted by Gasteiger charge is 2.21. The Kier molecular flexibility index (Phi) is 5.23. The molecule has 0 saturated carbocycles. The van der Waals surface area contributed by atoms with Gasteiger partial charge in [-0.25, -0.2) is 9.37 Å². The molecule has 0 amide bonds. The van der Waals surface area contributed by atoms with E-state index < -0.39 is 6.10 Å². The van der Waals surface area contributed by atoms with Crippen molar-refractivity contribution in [3.63, 3.8) is 0 Å². The van der Waals surface area contributed by atoms with E-state index in [1.54, 1.807) is 12.1 Å². The number of nitrogens with zero attached hydrogens (tertiary/aromatic N) is 4. The summed E-state index contributed by atoms with van der Waals surface area (Å²) in [6.45, 7) is 2.22. The molecule has 4 rings (SSSR count). The van der Waals surface area contributed by atoms with Gasteiger partial charge in [-0.3, -0.25) is 9.50 Å². The molecular weight excluding hydrogens is 383 g/mol. The van der Waals surface area contributed by atoms with Crippen molar-refractivity contribution in [2.24, 2.45) is 0 Å². The first-order valence-corrected chi connectivity index (χ1v) is 9.24. The zero-order valence-corrected chi connectivity index (χ0v) is 15.8. The first kappa shape index (κ1) is 18.4. The molecule has 3 aromatic heterocycles. The van der Waals surface area contributed by atoms with E-state index in [0.29, 0.717) is 35.7 Å². The Balaban J connectivity index is 1.77. The topological polar surface area (TPSA) is 80.1 Å². The predicted octanol–water partition coefficient (Wildman–Crippen LogP) is 3.99. The van der Waals surface area contributed by atoms with Gasteiger partial charge < -0.3 is 10.1 Å². The summed E-state index contributed by atoms with van der Waals surface area (Å²) < 4.78 is 21.1. The molecule has 0 spiro atoms. The maximum Gasteiger partial charge on any atom is 0.216 e. The zero-order valence-electron chi connectivity index (χ0n) is 15.1.